The number of hydrogen-bond donors (Lipinski definition) is 2. The van der Waals surface area contributed by atoms with Gasteiger partial charge < -0.3 is 11.1 Å². The van der Waals surface area contributed by atoms with Crippen LogP contribution < -0.4 is 11.1 Å². The van der Waals surface area contributed by atoms with E-state index < -0.39 is 5.41 Å². The summed E-state index contributed by atoms with van der Waals surface area (Å²) in [6.07, 6.45) is 8.64. The molecule has 1 amide bonds. The number of rotatable bonds is 3. The highest BCUT2D eigenvalue weighted by Gasteiger charge is 2.41. The molecule has 0 radical (unpaired) electrons. The van der Waals surface area contributed by atoms with E-state index in [2.05, 4.69) is 31.2 Å². The van der Waals surface area contributed by atoms with E-state index in [9.17, 15) is 4.79 Å². The van der Waals surface area contributed by atoms with E-state index in [-0.39, 0.29) is 10.9 Å². The van der Waals surface area contributed by atoms with Crippen LogP contribution in [-0.4, -0.2) is 20.9 Å². The summed E-state index contributed by atoms with van der Waals surface area (Å²) in [7, 11) is 0. The molecule has 1 saturated carbocycles. The van der Waals surface area contributed by atoms with Crippen molar-refractivity contribution < 1.29 is 4.79 Å². The van der Waals surface area contributed by atoms with Gasteiger partial charge in [0.2, 0.25) is 5.91 Å². The predicted molar refractivity (Wildman–Crippen MR) is 85.3 cm³/mol. The monoisotopic (exact) mass is 356 g/mol. The molecule has 5 nitrogen and oxygen atoms in total. The minimum absolute atomic E-state index is 0.163. The number of nitrogens with two attached hydrogens (primary N) is 1. The maximum Gasteiger partial charge on any atom is 0.238 e. The Balaban J connectivity index is 2.18. The zero-order valence-electron chi connectivity index (χ0n) is 11.1. The lowest BCUT2D eigenvalue weighted by atomic mass is 9.79. The van der Waals surface area contributed by atoms with Crippen molar-refractivity contribution in [2.24, 2.45) is 11.1 Å². The Morgan fingerprint density at radius 2 is 1.90 bits per heavy atom. The molecule has 7 heteroatoms. The van der Waals surface area contributed by atoms with Gasteiger partial charge in [-0.25, -0.2) is 9.97 Å². The molecule has 0 saturated heterocycles. The van der Waals surface area contributed by atoms with Gasteiger partial charge in [0.1, 0.15) is 4.60 Å². The smallest absolute Gasteiger partial charge is 0.238 e. The molecule has 1 aliphatic rings. The second-order valence-electron chi connectivity index (χ2n) is 5.04. The van der Waals surface area contributed by atoms with Crippen LogP contribution in [-0.2, 0) is 4.79 Å². The van der Waals surface area contributed by atoms with Crippen LogP contribution >= 0.6 is 28.1 Å². The molecule has 0 unspecified atom stereocenters. The summed E-state index contributed by atoms with van der Waals surface area (Å²) in [4.78, 5) is 21.0. The van der Waals surface area contributed by atoms with Crippen LogP contribution in [0.5, 0.6) is 0 Å². The fourth-order valence-electron chi connectivity index (χ4n) is 2.53. The molecule has 0 aliphatic heterocycles. The van der Waals surface area contributed by atoms with E-state index in [1.165, 1.54) is 12.4 Å². The summed E-state index contributed by atoms with van der Waals surface area (Å²) < 4.78 is 0.619. The van der Waals surface area contributed by atoms with E-state index >= 15 is 0 Å². The van der Waals surface area contributed by atoms with Gasteiger partial charge in [-0.2, -0.15) is 0 Å². The third kappa shape index (κ3) is 3.32. The summed E-state index contributed by atoms with van der Waals surface area (Å²) in [5, 5.41) is 2.79. The molecule has 0 atom stereocenters. The normalized spacial score (nSPS) is 18.1. The van der Waals surface area contributed by atoms with Crippen molar-refractivity contribution >= 4 is 44.9 Å². The number of aromatic nitrogens is 2. The average molecular weight is 357 g/mol. The minimum Gasteiger partial charge on any atom is -0.392 e. The van der Waals surface area contributed by atoms with Gasteiger partial charge >= 0.3 is 0 Å². The topological polar surface area (TPSA) is 80.9 Å². The van der Waals surface area contributed by atoms with Crippen LogP contribution in [0.15, 0.2) is 17.0 Å². The fourth-order valence-corrected chi connectivity index (χ4v) is 3.03. The zero-order chi connectivity index (χ0) is 14.6. The van der Waals surface area contributed by atoms with E-state index in [4.69, 9.17) is 18.0 Å². The molecule has 108 valence electrons. The molecule has 20 heavy (non-hydrogen) atoms. The van der Waals surface area contributed by atoms with Crippen LogP contribution in [0.25, 0.3) is 0 Å². The molecule has 1 fully saturated rings. The van der Waals surface area contributed by atoms with Gasteiger partial charge in [-0.15, -0.1) is 0 Å². The Labute approximate surface area is 131 Å². The molecule has 0 bridgehead atoms. The van der Waals surface area contributed by atoms with Gasteiger partial charge in [0, 0.05) is 0 Å². The highest BCUT2D eigenvalue weighted by atomic mass is 79.9. The largest absolute Gasteiger partial charge is 0.392 e. The summed E-state index contributed by atoms with van der Waals surface area (Å²) in [5.41, 5.74) is 5.13. The molecule has 1 aliphatic carbocycles. The van der Waals surface area contributed by atoms with Gasteiger partial charge in [-0.1, -0.05) is 37.9 Å². The van der Waals surface area contributed by atoms with Gasteiger partial charge in [-0.3, -0.25) is 4.79 Å². The number of carbonyl (C=O) groups is 1. The van der Waals surface area contributed by atoms with E-state index in [0.29, 0.717) is 23.3 Å². The third-order valence-electron chi connectivity index (χ3n) is 3.73. The molecular formula is C13H17BrN4OS. The fraction of sp³-hybridized carbons (Fsp3) is 0.538. The Morgan fingerprint density at radius 3 is 2.40 bits per heavy atom. The number of hydrogen-bond acceptors (Lipinski definition) is 4. The first-order valence-corrected chi connectivity index (χ1v) is 7.84. The molecular weight excluding hydrogens is 340 g/mol. The highest BCUT2D eigenvalue weighted by molar-refractivity contribution is 9.10. The third-order valence-corrected chi connectivity index (χ3v) is 4.53. The SMILES string of the molecule is NC(=S)C1(C(=O)Nc2cnc(Br)cn2)CCCCCC1. The van der Waals surface area contributed by atoms with Crippen molar-refractivity contribution in [2.75, 3.05) is 5.32 Å². The van der Waals surface area contributed by atoms with Gasteiger partial charge in [0.25, 0.3) is 0 Å². The Morgan fingerprint density at radius 1 is 1.25 bits per heavy atom. The lowest BCUT2D eigenvalue weighted by molar-refractivity contribution is -0.122. The van der Waals surface area contributed by atoms with Crippen LogP contribution in [0, 0.1) is 5.41 Å². The first-order chi connectivity index (χ1) is 9.54. The van der Waals surface area contributed by atoms with Gasteiger partial charge in [0.05, 0.1) is 22.8 Å². The summed E-state index contributed by atoms with van der Waals surface area (Å²) in [6, 6.07) is 0. The maximum atomic E-state index is 12.6. The van der Waals surface area contributed by atoms with Gasteiger partial charge in [0.15, 0.2) is 5.82 Å². The summed E-state index contributed by atoms with van der Waals surface area (Å²) in [5.74, 6) is 0.251. The number of carbonyl (C=O) groups excluding carboxylic acids is 1. The van der Waals surface area contributed by atoms with Crippen molar-refractivity contribution in [1.29, 1.82) is 0 Å². The minimum atomic E-state index is -0.749. The highest BCUT2D eigenvalue weighted by Crippen LogP contribution is 2.36. The van der Waals surface area contributed by atoms with Gasteiger partial charge in [-0.05, 0) is 28.8 Å². The molecule has 1 aromatic heterocycles. The van der Waals surface area contributed by atoms with E-state index in [1.807, 2.05) is 0 Å². The average Bonchev–Trinajstić information content (AvgIpc) is 2.68. The maximum absolute atomic E-state index is 12.6. The predicted octanol–water partition coefficient (Wildman–Crippen LogP) is 2.80. The van der Waals surface area contributed by atoms with Crippen molar-refractivity contribution in [3.05, 3.63) is 17.0 Å². The van der Waals surface area contributed by atoms with Crippen molar-refractivity contribution in [3.8, 4) is 0 Å². The number of thiocarbonyl (C=S) groups is 1. The molecule has 0 spiro atoms. The number of amides is 1. The number of halogens is 1. The molecule has 1 heterocycles. The van der Waals surface area contributed by atoms with E-state index in [1.54, 1.807) is 0 Å². The lowest BCUT2D eigenvalue weighted by Gasteiger charge is -2.29. The van der Waals surface area contributed by atoms with Crippen LogP contribution in [0.2, 0.25) is 0 Å². The van der Waals surface area contributed by atoms with Crippen LogP contribution in [0.3, 0.4) is 0 Å². The Kier molecular flexibility index (Phi) is 5.04. The number of nitrogens with zero attached hydrogens (tertiary/aromatic N) is 2. The summed E-state index contributed by atoms with van der Waals surface area (Å²) >= 11 is 8.38. The molecule has 2 rings (SSSR count). The second kappa shape index (κ2) is 6.58. The first kappa shape index (κ1) is 15.3. The Hall–Kier alpha value is -1.08. The van der Waals surface area contributed by atoms with Crippen molar-refractivity contribution in [2.45, 2.75) is 38.5 Å². The molecule has 3 N–H and O–H groups in total. The quantitative estimate of drug-likeness (QED) is 0.642. The molecule has 1 aromatic rings. The number of nitrogens with one attached hydrogen (secondary N) is 1. The first-order valence-electron chi connectivity index (χ1n) is 6.63. The second-order valence-corrected chi connectivity index (χ2v) is 6.29. The molecule has 0 aromatic carbocycles. The zero-order valence-corrected chi connectivity index (χ0v) is 13.5. The Bertz CT molecular complexity index is 498. The summed E-state index contributed by atoms with van der Waals surface area (Å²) in [6.45, 7) is 0. The van der Waals surface area contributed by atoms with E-state index in [0.717, 1.165) is 25.7 Å². The van der Waals surface area contributed by atoms with Crippen LogP contribution in [0.1, 0.15) is 38.5 Å². The standard InChI is InChI=1S/C13H17BrN4OS/c14-9-7-17-10(8-16-9)18-12(19)13(11(15)20)5-3-1-2-4-6-13/h7-8H,1-6H2,(H2,15,20)(H,17,18,19). The van der Waals surface area contributed by atoms with Crippen molar-refractivity contribution in [1.82, 2.24) is 9.97 Å². The van der Waals surface area contributed by atoms with Crippen LogP contribution in [0.4, 0.5) is 5.82 Å². The lowest BCUT2D eigenvalue weighted by Crippen LogP contribution is -2.45. The number of anilines is 1. The van der Waals surface area contributed by atoms with Crippen molar-refractivity contribution in [3.63, 3.8) is 0 Å².